The molecule has 25 heavy (non-hydrogen) atoms. The van der Waals surface area contributed by atoms with E-state index in [1.54, 1.807) is 11.9 Å². The molecule has 0 aliphatic carbocycles. The van der Waals surface area contributed by atoms with Crippen LogP contribution in [0.5, 0.6) is 5.75 Å². The van der Waals surface area contributed by atoms with Gasteiger partial charge in [-0.25, -0.2) is 4.72 Å². The summed E-state index contributed by atoms with van der Waals surface area (Å²) in [6, 6.07) is 17.3. The lowest BCUT2D eigenvalue weighted by Crippen LogP contribution is -2.47. The van der Waals surface area contributed by atoms with Gasteiger partial charge in [0.05, 0.1) is 11.6 Å². The van der Waals surface area contributed by atoms with Crippen LogP contribution in [0.1, 0.15) is 37.8 Å². The van der Waals surface area contributed by atoms with Crippen LogP contribution in [0.15, 0.2) is 53.4 Å². The molecule has 2 aromatic carbocycles. The molecule has 1 heterocycles. The number of benzene rings is 2. The Bertz CT molecular complexity index is 661. The first-order valence-corrected chi connectivity index (χ1v) is 9.88. The maximum Gasteiger partial charge on any atom is 0.119 e. The van der Waals surface area contributed by atoms with Crippen molar-refractivity contribution in [3.8, 4) is 5.75 Å². The summed E-state index contributed by atoms with van der Waals surface area (Å²) in [6.07, 6.45) is 2.39. The number of piperidine rings is 1. The number of ether oxygens (including phenoxy) is 1. The van der Waals surface area contributed by atoms with Gasteiger partial charge in [0.25, 0.3) is 0 Å². The zero-order chi connectivity index (χ0) is 17.7. The van der Waals surface area contributed by atoms with Gasteiger partial charge in [-0.3, -0.25) is 0 Å². The Hall–Kier alpha value is -1.49. The number of hydrogen-bond acceptors (Lipinski definition) is 4. The third-order valence-corrected chi connectivity index (χ3v) is 5.62. The SMILES string of the molecule is Cc1ccc(C2(NSc3ccc(OC(C)C)cc3)CCNCC2)cc1. The van der Waals surface area contributed by atoms with Crippen LogP contribution in [-0.4, -0.2) is 19.2 Å². The largest absolute Gasteiger partial charge is 0.491 e. The molecule has 0 spiro atoms. The molecule has 0 unspecified atom stereocenters. The first-order valence-electron chi connectivity index (χ1n) is 9.06. The van der Waals surface area contributed by atoms with Crippen LogP contribution in [0.3, 0.4) is 0 Å². The van der Waals surface area contributed by atoms with E-state index in [1.165, 1.54) is 16.0 Å². The van der Waals surface area contributed by atoms with Crippen LogP contribution >= 0.6 is 11.9 Å². The van der Waals surface area contributed by atoms with Crippen molar-refractivity contribution in [3.05, 3.63) is 59.7 Å². The van der Waals surface area contributed by atoms with Gasteiger partial charge in [0, 0.05) is 4.90 Å². The molecule has 3 nitrogen and oxygen atoms in total. The normalized spacial score (nSPS) is 16.8. The molecule has 0 aromatic heterocycles. The van der Waals surface area contributed by atoms with E-state index in [2.05, 4.69) is 53.4 Å². The van der Waals surface area contributed by atoms with Gasteiger partial charge in [0.2, 0.25) is 0 Å². The average molecular weight is 357 g/mol. The lowest BCUT2D eigenvalue weighted by molar-refractivity contribution is 0.242. The highest BCUT2D eigenvalue weighted by atomic mass is 32.2. The Morgan fingerprint density at radius 3 is 2.24 bits per heavy atom. The lowest BCUT2D eigenvalue weighted by atomic mass is 9.82. The molecule has 0 bridgehead atoms. The minimum absolute atomic E-state index is 0.0245. The van der Waals surface area contributed by atoms with Crippen molar-refractivity contribution < 1.29 is 4.74 Å². The standard InChI is InChI=1S/C21H28N2OS/c1-16(2)24-19-8-10-20(11-9-19)25-23-21(12-14-22-15-13-21)18-6-4-17(3)5-7-18/h4-11,16,22-23H,12-15H2,1-3H3. The summed E-state index contributed by atoms with van der Waals surface area (Å²) in [4.78, 5) is 1.21. The van der Waals surface area contributed by atoms with Crippen molar-refractivity contribution in [2.24, 2.45) is 0 Å². The van der Waals surface area contributed by atoms with Gasteiger partial charge in [-0.1, -0.05) is 29.8 Å². The van der Waals surface area contributed by atoms with Crippen molar-refractivity contribution >= 4 is 11.9 Å². The highest BCUT2D eigenvalue weighted by Gasteiger charge is 2.33. The Balaban J connectivity index is 1.71. The van der Waals surface area contributed by atoms with Crippen LogP contribution < -0.4 is 14.8 Å². The van der Waals surface area contributed by atoms with E-state index < -0.39 is 0 Å². The molecule has 1 aliphatic rings. The summed E-state index contributed by atoms with van der Waals surface area (Å²) < 4.78 is 9.51. The molecule has 2 N–H and O–H groups in total. The second-order valence-corrected chi connectivity index (χ2v) is 7.92. The minimum Gasteiger partial charge on any atom is -0.491 e. The molecule has 3 rings (SSSR count). The first kappa shape index (κ1) is 18.3. The van der Waals surface area contributed by atoms with E-state index in [4.69, 9.17) is 4.74 Å². The lowest BCUT2D eigenvalue weighted by Gasteiger charge is -2.38. The van der Waals surface area contributed by atoms with Crippen molar-refractivity contribution in [1.82, 2.24) is 10.0 Å². The Kier molecular flexibility index (Phi) is 6.05. The minimum atomic E-state index is 0.0245. The van der Waals surface area contributed by atoms with Crippen molar-refractivity contribution in [3.63, 3.8) is 0 Å². The zero-order valence-electron chi connectivity index (χ0n) is 15.3. The smallest absolute Gasteiger partial charge is 0.119 e. The highest BCUT2D eigenvalue weighted by molar-refractivity contribution is 7.97. The average Bonchev–Trinajstić information content (AvgIpc) is 2.62. The van der Waals surface area contributed by atoms with Gasteiger partial charge in [-0.15, -0.1) is 0 Å². The molecule has 0 amide bonds. The summed E-state index contributed by atoms with van der Waals surface area (Å²) >= 11 is 1.72. The summed E-state index contributed by atoms with van der Waals surface area (Å²) in [5.41, 5.74) is 2.71. The molecule has 134 valence electrons. The van der Waals surface area contributed by atoms with Crippen LogP contribution in [-0.2, 0) is 5.54 Å². The summed E-state index contributed by atoms with van der Waals surface area (Å²) in [7, 11) is 0. The number of hydrogen-bond donors (Lipinski definition) is 2. The van der Waals surface area contributed by atoms with Crippen LogP contribution in [0.4, 0.5) is 0 Å². The number of nitrogens with one attached hydrogen (secondary N) is 2. The Labute approximate surface area is 155 Å². The van der Waals surface area contributed by atoms with Gasteiger partial charge < -0.3 is 10.1 Å². The first-order chi connectivity index (χ1) is 12.1. The van der Waals surface area contributed by atoms with E-state index in [1.807, 2.05) is 26.0 Å². The third-order valence-electron chi connectivity index (χ3n) is 4.62. The van der Waals surface area contributed by atoms with Gasteiger partial charge in [-0.05, 0) is 88.5 Å². The van der Waals surface area contributed by atoms with Crippen LogP contribution in [0.2, 0.25) is 0 Å². The predicted octanol–water partition coefficient (Wildman–Crippen LogP) is 4.66. The van der Waals surface area contributed by atoms with E-state index in [0.717, 1.165) is 31.7 Å². The van der Waals surface area contributed by atoms with Crippen molar-refractivity contribution in [1.29, 1.82) is 0 Å². The monoisotopic (exact) mass is 356 g/mol. The molecule has 4 heteroatoms. The molecule has 0 atom stereocenters. The van der Waals surface area contributed by atoms with Crippen molar-refractivity contribution in [2.75, 3.05) is 13.1 Å². The number of aryl methyl sites for hydroxylation is 1. The fraction of sp³-hybridized carbons (Fsp3) is 0.429. The Morgan fingerprint density at radius 2 is 1.64 bits per heavy atom. The maximum absolute atomic E-state index is 5.73. The number of rotatable bonds is 6. The van der Waals surface area contributed by atoms with E-state index in [9.17, 15) is 0 Å². The topological polar surface area (TPSA) is 33.3 Å². The molecular formula is C21H28N2OS. The quantitative estimate of drug-likeness (QED) is 0.738. The van der Waals surface area contributed by atoms with E-state index in [-0.39, 0.29) is 11.6 Å². The zero-order valence-corrected chi connectivity index (χ0v) is 16.2. The molecule has 1 aliphatic heterocycles. The van der Waals surface area contributed by atoms with Crippen LogP contribution in [0.25, 0.3) is 0 Å². The van der Waals surface area contributed by atoms with Crippen molar-refractivity contribution in [2.45, 2.75) is 50.2 Å². The molecular weight excluding hydrogens is 328 g/mol. The fourth-order valence-corrected chi connectivity index (χ4v) is 4.10. The van der Waals surface area contributed by atoms with Gasteiger partial charge >= 0.3 is 0 Å². The molecule has 1 fully saturated rings. The van der Waals surface area contributed by atoms with Gasteiger partial charge in [-0.2, -0.15) is 0 Å². The van der Waals surface area contributed by atoms with E-state index >= 15 is 0 Å². The van der Waals surface area contributed by atoms with E-state index in [0.29, 0.717) is 0 Å². The molecule has 0 radical (unpaired) electrons. The Morgan fingerprint density at radius 1 is 1.00 bits per heavy atom. The van der Waals surface area contributed by atoms with Gasteiger partial charge in [0.1, 0.15) is 5.75 Å². The van der Waals surface area contributed by atoms with Crippen LogP contribution in [0, 0.1) is 6.92 Å². The molecule has 1 saturated heterocycles. The fourth-order valence-electron chi connectivity index (χ4n) is 3.19. The third kappa shape index (κ3) is 4.78. The maximum atomic E-state index is 5.73. The second-order valence-electron chi connectivity index (χ2n) is 7.04. The molecule has 0 saturated carbocycles. The highest BCUT2D eigenvalue weighted by Crippen LogP contribution is 2.34. The van der Waals surface area contributed by atoms with Gasteiger partial charge in [0.15, 0.2) is 0 Å². The summed E-state index contributed by atoms with van der Waals surface area (Å²) in [5.74, 6) is 0.925. The summed E-state index contributed by atoms with van der Waals surface area (Å²) in [5, 5.41) is 3.48. The second kappa shape index (κ2) is 8.26. The molecule has 2 aromatic rings. The predicted molar refractivity (Wildman–Crippen MR) is 106 cm³/mol. The summed E-state index contributed by atoms with van der Waals surface area (Å²) in [6.45, 7) is 8.33.